The SMILES string of the molecule is CC(C)c1cccc(/C=C/CC(C)(C)OC(C)(C)C)c1. The topological polar surface area (TPSA) is 9.23 Å². The molecule has 0 fully saturated rings. The first-order valence-electron chi connectivity index (χ1n) is 7.56. The maximum Gasteiger partial charge on any atom is 0.0668 e. The molecule has 1 aromatic carbocycles. The van der Waals surface area contributed by atoms with Crippen molar-refractivity contribution in [1.82, 2.24) is 0 Å². The van der Waals surface area contributed by atoms with Gasteiger partial charge >= 0.3 is 0 Å². The van der Waals surface area contributed by atoms with Gasteiger partial charge in [0.1, 0.15) is 0 Å². The number of benzene rings is 1. The van der Waals surface area contributed by atoms with Crippen LogP contribution in [0, 0.1) is 0 Å². The van der Waals surface area contributed by atoms with E-state index in [9.17, 15) is 0 Å². The van der Waals surface area contributed by atoms with Gasteiger partial charge in [-0.2, -0.15) is 0 Å². The molecule has 0 aliphatic rings. The van der Waals surface area contributed by atoms with Gasteiger partial charge in [-0.1, -0.05) is 50.3 Å². The third kappa shape index (κ3) is 6.38. The molecule has 0 atom stereocenters. The van der Waals surface area contributed by atoms with Crippen molar-refractivity contribution in [3.63, 3.8) is 0 Å². The predicted molar refractivity (Wildman–Crippen MR) is 89.1 cm³/mol. The van der Waals surface area contributed by atoms with Crippen LogP contribution in [0.2, 0.25) is 0 Å². The van der Waals surface area contributed by atoms with Crippen LogP contribution in [0.15, 0.2) is 30.3 Å². The molecule has 1 heteroatoms. The van der Waals surface area contributed by atoms with Gasteiger partial charge in [-0.15, -0.1) is 0 Å². The van der Waals surface area contributed by atoms with Gasteiger partial charge in [-0.05, 0) is 58.1 Å². The van der Waals surface area contributed by atoms with E-state index in [0.717, 1.165) is 6.42 Å². The Bertz CT molecular complexity index is 447. The first kappa shape index (κ1) is 17.0. The molecule has 112 valence electrons. The molecular formula is C19H30O. The van der Waals surface area contributed by atoms with Crippen molar-refractivity contribution in [3.05, 3.63) is 41.5 Å². The Morgan fingerprint density at radius 2 is 1.75 bits per heavy atom. The first-order chi connectivity index (χ1) is 9.09. The van der Waals surface area contributed by atoms with Gasteiger partial charge in [0.25, 0.3) is 0 Å². The van der Waals surface area contributed by atoms with E-state index in [1.165, 1.54) is 11.1 Å². The quantitative estimate of drug-likeness (QED) is 0.658. The third-order valence-corrected chi connectivity index (χ3v) is 3.08. The number of hydrogen-bond donors (Lipinski definition) is 0. The molecule has 0 amide bonds. The van der Waals surface area contributed by atoms with Gasteiger partial charge < -0.3 is 4.74 Å². The number of hydrogen-bond acceptors (Lipinski definition) is 1. The van der Waals surface area contributed by atoms with E-state index in [2.05, 4.69) is 84.9 Å². The minimum Gasteiger partial charge on any atom is -0.370 e. The summed E-state index contributed by atoms with van der Waals surface area (Å²) < 4.78 is 6.07. The second-order valence-electron chi connectivity index (χ2n) is 7.41. The van der Waals surface area contributed by atoms with Crippen LogP contribution >= 0.6 is 0 Å². The molecule has 0 bridgehead atoms. The summed E-state index contributed by atoms with van der Waals surface area (Å²) in [6.07, 6.45) is 5.32. The first-order valence-corrected chi connectivity index (χ1v) is 7.56. The second-order valence-corrected chi connectivity index (χ2v) is 7.41. The average Bonchev–Trinajstić information content (AvgIpc) is 2.25. The van der Waals surface area contributed by atoms with Crippen LogP contribution in [0.1, 0.15) is 71.9 Å². The fraction of sp³-hybridized carbons (Fsp3) is 0.579. The zero-order valence-corrected chi connectivity index (χ0v) is 14.2. The summed E-state index contributed by atoms with van der Waals surface area (Å²) in [6.45, 7) is 15.0. The van der Waals surface area contributed by atoms with Crippen molar-refractivity contribution in [3.8, 4) is 0 Å². The van der Waals surface area contributed by atoms with Crippen molar-refractivity contribution < 1.29 is 4.74 Å². The third-order valence-electron chi connectivity index (χ3n) is 3.08. The Balaban J connectivity index is 2.67. The van der Waals surface area contributed by atoms with E-state index in [1.54, 1.807) is 0 Å². The van der Waals surface area contributed by atoms with E-state index in [1.807, 2.05) is 0 Å². The lowest BCUT2D eigenvalue weighted by Gasteiger charge is -2.33. The van der Waals surface area contributed by atoms with Gasteiger partial charge in [0, 0.05) is 0 Å². The van der Waals surface area contributed by atoms with Crippen molar-refractivity contribution in [1.29, 1.82) is 0 Å². The van der Waals surface area contributed by atoms with Crippen LogP contribution in [0.3, 0.4) is 0 Å². The van der Waals surface area contributed by atoms with Crippen LogP contribution in [0.4, 0.5) is 0 Å². The van der Waals surface area contributed by atoms with Crippen molar-refractivity contribution in [2.75, 3.05) is 0 Å². The molecule has 1 nitrogen and oxygen atoms in total. The zero-order valence-electron chi connectivity index (χ0n) is 14.2. The van der Waals surface area contributed by atoms with E-state index in [-0.39, 0.29) is 11.2 Å². The predicted octanol–water partition coefficient (Wildman–Crippen LogP) is 5.81. The van der Waals surface area contributed by atoms with Gasteiger partial charge in [0.05, 0.1) is 11.2 Å². The molecule has 1 aromatic rings. The standard InChI is InChI=1S/C19H30O/c1-15(2)17-12-8-10-16(14-17)11-9-13-19(6,7)20-18(3,4)5/h8-12,14-15H,13H2,1-7H3/b11-9+. The highest BCUT2D eigenvalue weighted by Crippen LogP contribution is 2.24. The fourth-order valence-corrected chi connectivity index (χ4v) is 2.37. The molecule has 0 aromatic heterocycles. The molecule has 0 radical (unpaired) electrons. The molecule has 0 saturated carbocycles. The monoisotopic (exact) mass is 274 g/mol. The lowest BCUT2D eigenvalue weighted by atomic mass is 9.99. The van der Waals surface area contributed by atoms with E-state index < -0.39 is 0 Å². The maximum absolute atomic E-state index is 6.07. The molecular weight excluding hydrogens is 244 g/mol. The molecule has 0 N–H and O–H groups in total. The van der Waals surface area contributed by atoms with Crippen LogP contribution in [0.25, 0.3) is 6.08 Å². The molecule has 20 heavy (non-hydrogen) atoms. The summed E-state index contributed by atoms with van der Waals surface area (Å²) in [6, 6.07) is 8.74. The van der Waals surface area contributed by atoms with E-state index in [0.29, 0.717) is 5.92 Å². The lowest BCUT2D eigenvalue weighted by Crippen LogP contribution is -2.34. The van der Waals surface area contributed by atoms with Gasteiger partial charge in [0.2, 0.25) is 0 Å². The summed E-state index contributed by atoms with van der Waals surface area (Å²) in [7, 11) is 0. The zero-order chi connectivity index (χ0) is 15.4. The van der Waals surface area contributed by atoms with E-state index >= 15 is 0 Å². The van der Waals surface area contributed by atoms with Crippen LogP contribution in [-0.2, 0) is 4.74 Å². The molecule has 0 heterocycles. The molecule has 0 aliphatic heterocycles. The highest BCUT2D eigenvalue weighted by molar-refractivity contribution is 5.50. The van der Waals surface area contributed by atoms with Crippen molar-refractivity contribution in [2.24, 2.45) is 0 Å². The smallest absolute Gasteiger partial charge is 0.0668 e. The van der Waals surface area contributed by atoms with Gasteiger partial charge in [-0.25, -0.2) is 0 Å². The minimum atomic E-state index is -0.135. The van der Waals surface area contributed by atoms with Gasteiger partial charge in [0.15, 0.2) is 0 Å². The average molecular weight is 274 g/mol. The Labute approximate surface area is 125 Å². The van der Waals surface area contributed by atoms with Crippen LogP contribution < -0.4 is 0 Å². The van der Waals surface area contributed by atoms with E-state index in [4.69, 9.17) is 4.74 Å². The van der Waals surface area contributed by atoms with Crippen molar-refractivity contribution >= 4 is 6.08 Å². The molecule has 0 spiro atoms. The maximum atomic E-state index is 6.07. The summed E-state index contributed by atoms with van der Waals surface area (Å²) >= 11 is 0. The Morgan fingerprint density at radius 3 is 2.30 bits per heavy atom. The Kier molecular flexibility index (Phi) is 5.59. The number of ether oxygens (including phenoxy) is 1. The van der Waals surface area contributed by atoms with Gasteiger partial charge in [-0.3, -0.25) is 0 Å². The van der Waals surface area contributed by atoms with Crippen molar-refractivity contribution in [2.45, 2.75) is 72.0 Å². The molecule has 0 saturated heterocycles. The number of rotatable bonds is 5. The summed E-state index contributed by atoms with van der Waals surface area (Å²) in [5, 5.41) is 0. The summed E-state index contributed by atoms with van der Waals surface area (Å²) in [5.74, 6) is 0.573. The summed E-state index contributed by atoms with van der Waals surface area (Å²) in [5.41, 5.74) is 2.42. The highest BCUT2D eigenvalue weighted by Gasteiger charge is 2.24. The molecule has 1 rings (SSSR count). The molecule has 0 aliphatic carbocycles. The Morgan fingerprint density at radius 1 is 1.10 bits per heavy atom. The molecule has 0 unspecified atom stereocenters. The van der Waals surface area contributed by atoms with Crippen LogP contribution in [-0.4, -0.2) is 11.2 Å². The normalized spacial score (nSPS) is 13.4. The lowest BCUT2D eigenvalue weighted by molar-refractivity contribution is -0.110. The highest BCUT2D eigenvalue weighted by atomic mass is 16.5. The summed E-state index contributed by atoms with van der Waals surface area (Å²) in [4.78, 5) is 0. The van der Waals surface area contributed by atoms with Crippen LogP contribution in [0.5, 0.6) is 0 Å². The minimum absolute atomic E-state index is 0.102. The second kappa shape index (κ2) is 6.58. The largest absolute Gasteiger partial charge is 0.370 e. The Hall–Kier alpha value is -1.08. The fourth-order valence-electron chi connectivity index (χ4n) is 2.37.